The van der Waals surface area contributed by atoms with E-state index in [0.29, 0.717) is 0 Å². The zero-order valence-electron chi connectivity index (χ0n) is 20.9. The maximum absolute atomic E-state index is 14.8. The van der Waals surface area contributed by atoms with E-state index in [2.05, 4.69) is 4.98 Å². The number of rotatable bonds is 12. The summed E-state index contributed by atoms with van der Waals surface area (Å²) in [6, 6.07) is 2.44. The third kappa shape index (κ3) is 7.75. The van der Waals surface area contributed by atoms with E-state index in [4.69, 9.17) is 18.3 Å². The molecular formula is C21H35F6NO4Si2. The number of hydrogen-bond acceptors (Lipinski definition) is 5. The molecule has 0 aliphatic rings. The molecule has 0 aliphatic heterocycles. The first kappa shape index (κ1) is 31.0. The van der Waals surface area contributed by atoms with Gasteiger partial charge in [-0.15, -0.1) is 0 Å². The fraction of sp³-hybridized carbons (Fsp3) is 0.762. The number of hydrogen-bond donors (Lipinski definition) is 0. The molecule has 0 amide bonds. The molecule has 34 heavy (non-hydrogen) atoms. The first-order valence-corrected chi connectivity index (χ1v) is 17.8. The van der Waals surface area contributed by atoms with Crippen molar-refractivity contribution in [2.75, 3.05) is 13.2 Å². The maximum atomic E-state index is 14.8. The topological polar surface area (TPSA) is 49.8 Å². The third-order valence-corrected chi connectivity index (χ3v) is 6.39. The van der Waals surface area contributed by atoms with Gasteiger partial charge in [-0.1, -0.05) is 0 Å². The Morgan fingerprint density at radius 1 is 0.765 bits per heavy atom. The minimum Gasteiger partial charge on any atom is -0.384 e. The smallest absolute Gasteiger partial charge is 0.384 e. The summed E-state index contributed by atoms with van der Waals surface area (Å²) >= 11 is 0. The van der Waals surface area contributed by atoms with Crippen molar-refractivity contribution >= 4 is 16.6 Å². The van der Waals surface area contributed by atoms with E-state index in [-0.39, 0.29) is 5.56 Å². The highest BCUT2D eigenvalue weighted by atomic mass is 28.4. The molecule has 0 aliphatic carbocycles. The Bertz CT molecular complexity index is 768. The molecule has 1 heterocycles. The second-order valence-corrected chi connectivity index (χ2v) is 18.6. The normalized spacial score (nSPS) is 18.3. The van der Waals surface area contributed by atoms with Crippen LogP contribution in [0.4, 0.5) is 26.3 Å². The molecule has 5 nitrogen and oxygen atoms in total. The van der Waals surface area contributed by atoms with Crippen LogP contribution < -0.4 is 0 Å². The van der Waals surface area contributed by atoms with Crippen molar-refractivity contribution in [3.8, 4) is 0 Å². The zero-order valence-corrected chi connectivity index (χ0v) is 22.9. The van der Waals surface area contributed by atoms with Gasteiger partial charge >= 0.3 is 12.4 Å². The van der Waals surface area contributed by atoms with Crippen LogP contribution in [-0.4, -0.2) is 58.8 Å². The highest BCUT2D eigenvalue weighted by molar-refractivity contribution is 6.70. The molecule has 1 aromatic heterocycles. The quantitative estimate of drug-likeness (QED) is 0.166. The predicted molar refractivity (Wildman–Crippen MR) is 121 cm³/mol. The molecule has 0 fully saturated rings. The monoisotopic (exact) mass is 535 g/mol. The maximum Gasteiger partial charge on any atom is 0.442 e. The first-order valence-electron chi connectivity index (χ1n) is 10.9. The summed E-state index contributed by atoms with van der Waals surface area (Å²) in [5.74, 6) is -8.66. The van der Waals surface area contributed by atoms with Crippen LogP contribution in [0, 0.1) is 0 Å². The lowest BCUT2D eigenvalue weighted by Gasteiger charge is -2.48. The second-order valence-electron chi connectivity index (χ2n) is 9.75. The van der Waals surface area contributed by atoms with Gasteiger partial charge in [0.05, 0.1) is 5.92 Å². The number of halogens is 6. The molecule has 0 spiro atoms. The average Bonchev–Trinajstić information content (AvgIpc) is 2.62. The van der Waals surface area contributed by atoms with Crippen LogP contribution in [0.25, 0.3) is 0 Å². The van der Waals surface area contributed by atoms with Crippen molar-refractivity contribution in [3.63, 3.8) is 0 Å². The Morgan fingerprint density at radius 3 is 1.59 bits per heavy atom. The van der Waals surface area contributed by atoms with Gasteiger partial charge in [-0.05, 0) is 70.8 Å². The summed E-state index contributed by atoms with van der Waals surface area (Å²) in [5.41, 5.74) is -0.0912. The van der Waals surface area contributed by atoms with Crippen LogP contribution in [0.1, 0.15) is 31.7 Å². The minimum atomic E-state index is -5.18. The molecule has 3 unspecified atom stereocenters. The number of nitrogens with zero attached hydrogens (tertiary/aromatic N) is 1. The van der Waals surface area contributed by atoms with E-state index in [9.17, 15) is 26.3 Å². The van der Waals surface area contributed by atoms with Gasteiger partial charge in [0.25, 0.3) is 11.6 Å². The van der Waals surface area contributed by atoms with Gasteiger partial charge in [0.1, 0.15) is 0 Å². The molecule has 13 heteroatoms. The number of alkyl halides is 6. The molecule has 0 N–H and O–H groups in total. The van der Waals surface area contributed by atoms with E-state index >= 15 is 0 Å². The molecule has 0 saturated heterocycles. The zero-order chi connectivity index (χ0) is 26.6. The van der Waals surface area contributed by atoms with Crippen LogP contribution in [0.2, 0.25) is 39.3 Å². The fourth-order valence-corrected chi connectivity index (χ4v) is 6.13. The summed E-state index contributed by atoms with van der Waals surface area (Å²) < 4.78 is 110. The Balaban J connectivity index is 3.98. The van der Waals surface area contributed by atoms with E-state index in [1.54, 1.807) is 0 Å². The highest BCUT2D eigenvalue weighted by Gasteiger charge is 2.68. The lowest BCUT2D eigenvalue weighted by molar-refractivity contribution is -0.391. The molecule has 1 aromatic rings. The van der Waals surface area contributed by atoms with Crippen LogP contribution in [0.5, 0.6) is 0 Å². The largest absolute Gasteiger partial charge is 0.442 e. The molecule has 0 bridgehead atoms. The Kier molecular flexibility index (Phi) is 9.99. The van der Waals surface area contributed by atoms with Crippen molar-refractivity contribution in [2.45, 2.75) is 89.4 Å². The van der Waals surface area contributed by atoms with Crippen molar-refractivity contribution in [3.05, 3.63) is 30.1 Å². The van der Waals surface area contributed by atoms with E-state index in [1.807, 2.05) is 0 Å². The molecule has 198 valence electrons. The van der Waals surface area contributed by atoms with Gasteiger partial charge in [0.15, 0.2) is 16.6 Å². The summed E-state index contributed by atoms with van der Waals surface area (Å²) in [6.45, 7) is 10.8. The lowest BCUT2D eigenvalue weighted by Crippen LogP contribution is -2.63. The van der Waals surface area contributed by atoms with E-state index in [1.165, 1.54) is 77.7 Å². The SMILES string of the molecule is CCOC(CC(c1ccncc1)C(OCC)(O[Si](C)(C)C)C(F)(F)F)(O[Si](C)(C)C)C(F)(F)F. The van der Waals surface area contributed by atoms with Crippen LogP contribution >= 0.6 is 0 Å². The van der Waals surface area contributed by atoms with Crippen molar-refractivity contribution in [1.29, 1.82) is 0 Å². The number of aromatic nitrogens is 1. The molecular weight excluding hydrogens is 500 g/mol. The Labute approximate surface area is 199 Å². The van der Waals surface area contributed by atoms with Crippen molar-refractivity contribution in [2.24, 2.45) is 0 Å². The third-order valence-electron chi connectivity index (χ3n) is 4.53. The summed E-state index contributed by atoms with van der Waals surface area (Å²) in [6.07, 6.45) is -9.14. The second kappa shape index (κ2) is 11.0. The van der Waals surface area contributed by atoms with Crippen LogP contribution in [0.15, 0.2) is 24.5 Å². The average molecular weight is 536 g/mol. The highest BCUT2D eigenvalue weighted by Crippen LogP contribution is 2.53. The number of pyridine rings is 1. The predicted octanol–water partition coefficient (Wildman–Crippen LogP) is 6.85. The fourth-order valence-electron chi connectivity index (χ4n) is 3.66. The summed E-state index contributed by atoms with van der Waals surface area (Å²) in [4.78, 5) is 3.80. The molecule has 0 aromatic carbocycles. The van der Waals surface area contributed by atoms with Gasteiger partial charge in [0, 0.05) is 32.0 Å². The Hall–Kier alpha value is -0.996. The van der Waals surface area contributed by atoms with Crippen molar-refractivity contribution < 1.29 is 44.7 Å². The van der Waals surface area contributed by atoms with Gasteiger partial charge in [-0.25, -0.2) is 0 Å². The molecule has 3 atom stereocenters. The molecule has 0 radical (unpaired) electrons. The number of ether oxygens (including phenoxy) is 2. The van der Waals surface area contributed by atoms with Gasteiger partial charge < -0.3 is 18.3 Å². The minimum absolute atomic E-state index is 0.0912. The van der Waals surface area contributed by atoms with Gasteiger partial charge in [-0.2, -0.15) is 26.3 Å². The molecule has 1 rings (SSSR count). The van der Waals surface area contributed by atoms with Crippen LogP contribution in [-0.2, 0) is 18.3 Å². The van der Waals surface area contributed by atoms with E-state index < -0.39 is 66.1 Å². The van der Waals surface area contributed by atoms with Crippen LogP contribution in [0.3, 0.4) is 0 Å². The van der Waals surface area contributed by atoms with Gasteiger partial charge in [0.2, 0.25) is 0 Å². The van der Waals surface area contributed by atoms with E-state index in [0.717, 1.165) is 0 Å². The lowest BCUT2D eigenvalue weighted by atomic mass is 9.83. The summed E-state index contributed by atoms with van der Waals surface area (Å²) in [7, 11) is -6.03. The first-order chi connectivity index (χ1) is 15.2. The standard InChI is InChI=1S/C21H35F6NO4Si2/c1-9-29-18(20(22,23)24,31-33(3,4)5)15-17(16-11-13-28-14-12-16)19(30-10-2,21(25,26)27)32-34(6,7)8/h11-14,17H,9-10,15H2,1-8H3. The van der Waals surface area contributed by atoms with Crippen molar-refractivity contribution in [1.82, 2.24) is 4.98 Å². The van der Waals surface area contributed by atoms with Gasteiger partial charge in [-0.3, -0.25) is 4.98 Å². The summed E-state index contributed by atoms with van der Waals surface area (Å²) in [5, 5.41) is 0. The Morgan fingerprint density at radius 2 is 1.24 bits per heavy atom. The molecule has 0 saturated carbocycles.